The number of benzene rings is 1. The van der Waals surface area contributed by atoms with Gasteiger partial charge < -0.3 is 14.4 Å². The maximum atomic E-state index is 12.8. The fraction of sp³-hybridized carbons (Fsp3) is 0.429. The van der Waals surface area contributed by atoms with Gasteiger partial charge in [0.05, 0.1) is 6.33 Å². The SMILES string of the molecule is C=CCN(C(=O)CCN(CCC)CCC)c1ccc(-n2ccnc2)cc1. The van der Waals surface area contributed by atoms with Gasteiger partial charge in [0.1, 0.15) is 0 Å². The summed E-state index contributed by atoms with van der Waals surface area (Å²) in [5, 5.41) is 0. The minimum atomic E-state index is 0.137. The Morgan fingerprint density at radius 2 is 1.85 bits per heavy atom. The topological polar surface area (TPSA) is 41.4 Å². The molecule has 0 N–H and O–H groups in total. The molecule has 1 aromatic heterocycles. The van der Waals surface area contributed by atoms with Crippen molar-refractivity contribution in [2.45, 2.75) is 33.1 Å². The second kappa shape index (κ2) is 10.6. The van der Waals surface area contributed by atoms with E-state index in [2.05, 4.69) is 30.3 Å². The van der Waals surface area contributed by atoms with Gasteiger partial charge in [-0.1, -0.05) is 19.9 Å². The number of rotatable bonds is 11. The van der Waals surface area contributed by atoms with Crippen molar-refractivity contribution in [3.05, 3.63) is 55.6 Å². The van der Waals surface area contributed by atoms with Crippen molar-refractivity contribution in [3.63, 3.8) is 0 Å². The van der Waals surface area contributed by atoms with Gasteiger partial charge in [-0.15, -0.1) is 6.58 Å². The summed E-state index contributed by atoms with van der Waals surface area (Å²) in [6.07, 6.45) is 9.93. The molecule has 26 heavy (non-hydrogen) atoms. The lowest BCUT2D eigenvalue weighted by atomic mass is 10.2. The van der Waals surface area contributed by atoms with Crippen LogP contribution in [0.2, 0.25) is 0 Å². The Balaban J connectivity index is 2.04. The second-order valence-corrected chi connectivity index (χ2v) is 6.37. The summed E-state index contributed by atoms with van der Waals surface area (Å²) in [5.74, 6) is 0.137. The molecule has 0 aliphatic heterocycles. The molecule has 0 saturated heterocycles. The van der Waals surface area contributed by atoms with Crippen LogP contribution in [-0.2, 0) is 4.79 Å². The number of hydrogen-bond acceptors (Lipinski definition) is 3. The molecule has 0 unspecified atom stereocenters. The summed E-state index contributed by atoms with van der Waals surface area (Å²) in [5.41, 5.74) is 1.92. The van der Waals surface area contributed by atoms with Crippen LogP contribution in [0.4, 0.5) is 5.69 Å². The first-order chi connectivity index (χ1) is 12.7. The van der Waals surface area contributed by atoms with Gasteiger partial charge in [-0.25, -0.2) is 4.98 Å². The number of nitrogens with zero attached hydrogens (tertiary/aromatic N) is 4. The number of imidazole rings is 1. The van der Waals surface area contributed by atoms with Gasteiger partial charge in [0.15, 0.2) is 0 Å². The highest BCUT2D eigenvalue weighted by Crippen LogP contribution is 2.18. The Bertz CT molecular complexity index is 658. The Kier molecular flexibility index (Phi) is 8.09. The quantitative estimate of drug-likeness (QED) is 0.575. The van der Waals surface area contributed by atoms with Crippen molar-refractivity contribution in [2.24, 2.45) is 0 Å². The predicted octanol–water partition coefficient (Wildman–Crippen LogP) is 3.90. The van der Waals surface area contributed by atoms with E-state index in [1.54, 1.807) is 23.5 Å². The molecule has 0 fully saturated rings. The maximum Gasteiger partial charge on any atom is 0.228 e. The van der Waals surface area contributed by atoms with E-state index in [9.17, 15) is 4.79 Å². The lowest BCUT2D eigenvalue weighted by Crippen LogP contribution is -2.35. The van der Waals surface area contributed by atoms with Crippen LogP contribution in [0, 0.1) is 0 Å². The van der Waals surface area contributed by atoms with Crippen LogP contribution in [-0.4, -0.2) is 46.5 Å². The van der Waals surface area contributed by atoms with Crippen molar-refractivity contribution >= 4 is 11.6 Å². The number of amides is 1. The van der Waals surface area contributed by atoms with Gasteiger partial charge in [-0.3, -0.25) is 4.79 Å². The fourth-order valence-electron chi connectivity index (χ4n) is 3.05. The molecule has 0 radical (unpaired) electrons. The molecule has 140 valence electrons. The number of carbonyl (C=O) groups is 1. The fourth-order valence-corrected chi connectivity index (χ4v) is 3.05. The first kappa shape index (κ1) is 19.9. The lowest BCUT2D eigenvalue weighted by Gasteiger charge is -2.25. The minimum Gasteiger partial charge on any atom is -0.309 e. The van der Waals surface area contributed by atoms with Crippen LogP contribution in [0.5, 0.6) is 0 Å². The Labute approximate surface area is 156 Å². The second-order valence-electron chi connectivity index (χ2n) is 6.37. The van der Waals surface area contributed by atoms with E-state index in [1.807, 2.05) is 35.0 Å². The van der Waals surface area contributed by atoms with Crippen molar-refractivity contribution in [1.29, 1.82) is 0 Å². The third kappa shape index (κ3) is 5.56. The summed E-state index contributed by atoms with van der Waals surface area (Å²) in [7, 11) is 0. The molecule has 0 aliphatic carbocycles. The summed E-state index contributed by atoms with van der Waals surface area (Å²) in [4.78, 5) is 21.0. The normalized spacial score (nSPS) is 10.9. The molecule has 0 aliphatic rings. The Morgan fingerprint density at radius 1 is 1.15 bits per heavy atom. The van der Waals surface area contributed by atoms with E-state index in [0.29, 0.717) is 13.0 Å². The zero-order chi connectivity index (χ0) is 18.8. The molecule has 5 nitrogen and oxygen atoms in total. The maximum absolute atomic E-state index is 12.8. The van der Waals surface area contributed by atoms with E-state index < -0.39 is 0 Å². The highest BCUT2D eigenvalue weighted by atomic mass is 16.2. The van der Waals surface area contributed by atoms with Crippen LogP contribution in [0.3, 0.4) is 0 Å². The third-order valence-corrected chi connectivity index (χ3v) is 4.30. The van der Waals surface area contributed by atoms with Crippen LogP contribution < -0.4 is 4.90 Å². The molecule has 5 heteroatoms. The van der Waals surface area contributed by atoms with Gasteiger partial charge in [0, 0.05) is 43.3 Å². The molecule has 1 aromatic carbocycles. The van der Waals surface area contributed by atoms with Crippen molar-refractivity contribution in [1.82, 2.24) is 14.5 Å². The van der Waals surface area contributed by atoms with E-state index in [-0.39, 0.29) is 5.91 Å². The molecule has 1 heterocycles. The number of anilines is 1. The Hall–Kier alpha value is -2.40. The standard InChI is InChI=1S/C21H30N4O/c1-4-13-23(14-5-2)16-11-21(26)25(15-6-3)20-9-7-19(8-10-20)24-17-12-22-18-24/h6-10,12,17-18H,3-5,11,13-16H2,1-2H3. The first-order valence-electron chi connectivity index (χ1n) is 9.41. The van der Waals surface area contributed by atoms with Crippen molar-refractivity contribution in [2.75, 3.05) is 31.1 Å². The average molecular weight is 354 g/mol. The van der Waals surface area contributed by atoms with Crippen molar-refractivity contribution < 1.29 is 4.79 Å². The number of aromatic nitrogens is 2. The molecule has 0 atom stereocenters. The molecular formula is C21H30N4O. The summed E-state index contributed by atoms with van der Waals surface area (Å²) in [6, 6.07) is 7.96. The summed E-state index contributed by atoms with van der Waals surface area (Å²) in [6.45, 7) is 11.6. The monoisotopic (exact) mass is 354 g/mol. The van der Waals surface area contributed by atoms with E-state index in [4.69, 9.17) is 0 Å². The molecule has 0 spiro atoms. The Morgan fingerprint density at radius 3 is 2.38 bits per heavy atom. The number of hydrogen-bond donors (Lipinski definition) is 0. The van der Waals surface area contributed by atoms with E-state index >= 15 is 0 Å². The van der Waals surface area contributed by atoms with Crippen LogP contribution >= 0.6 is 0 Å². The van der Waals surface area contributed by atoms with Crippen molar-refractivity contribution in [3.8, 4) is 5.69 Å². The van der Waals surface area contributed by atoms with E-state index in [0.717, 1.165) is 43.9 Å². The molecule has 0 bridgehead atoms. The highest BCUT2D eigenvalue weighted by molar-refractivity contribution is 5.93. The molecule has 0 saturated carbocycles. The smallest absolute Gasteiger partial charge is 0.228 e. The van der Waals surface area contributed by atoms with Gasteiger partial charge in [0.2, 0.25) is 5.91 Å². The molecular weight excluding hydrogens is 324 g/mol. The van der Waals surface area contributed by atoms with Gasteiger partial charge >= 0.3 is 0 Å². The minimum absolute atomic E-state index is 0.137. The number of carbonyl (C=O) groups excluding carboxylic acids is 1. The first-order valence-corrected chi connectivity index (χ1v) is 9.41. The molecule has 2 aromatic rings. The summed E-state index contributed by atoms with van der Waals surface area (Å²) < 4.78 is 1.94. The summed E-state index contributed by atoms with van der Waals surface area (Å²) >= 11 is 0. The highest BCUT2D eigenvalue weighted by Gasteiger charge is 2.16. The van der Waals surface area contributed by atoms with Gasteiger partial charge in [-0.05, 0) is 50.2 Å². The largest absolute Gasteiger partial charge is 0.309 e. The molecule has 1 amide bonds. The van der Waals surface area contributed by atoms with Crippen LogP contribution in [0.25, 0.3) is 5.69 Å². The van der Waals surface area contributed by atoms with Gasteiger partial charge in [0.25, 0.3) is 0 Å². The molecule has 2 rings (SSSR count). The van der Waals surface area contributed by atoms with Crippen LogP contribution in [0.1, 0.15) is 33.1 Å². The predicted molar refractivity (Wildman–Crippen MR) is 108 cm³/mol. The van der Waals surface area contributed by atoms with Crippen LogP contribution in [0.15, 0.2) is 55.6 Å². The third-order valence-electron chi connectivity index (χ3n) is 4.30. The lowest BCUT2D eigenvalue weighted by molar-refractivity contribution is -0.118. The van der Waals surface area contributed by atoms with Gasteiger partial charge in [-0.2, -0.15) is 0 Å². The van der Waals surface area contributed by atoms with E-state index in [1.165, 1.54) is 0 Å². The zero-order valence-corrected chi connectivity index (χ0v) is 16.0. The zero-order valence-electron chi connectivity index (χ0n) is 16.0. The average Bonchev–Trinajstić information content (AvgIpc) is 3.19.